The summed E-state index contributed by atoms with van der Waals surface area (Å²) in [6.45, 7) is 3.78. The minimum Gasteiger partial charge on any atom is -0.389 e. The molecule has 0 saturated carbocycles. The molecule has 0 saturated heterocycles. The Bertz CT molecular complexity index is 474. The predicted octanol–water partition coefficient (Wildman–Crippen LogP) is 3.11. The highest BCUT2D eigenvalue weighted by molar-refractivity contribution is 5.60. The van der Waals surface area contributed by atoms with E-state index in [0.717, 1.165) is 22.4 Å². The number of rotatable bonds is 2. The molecule has 1 heterocycles. The smallest absolute Gasteiger partial charge is 0.0762 e. The summed E-state index contributed by atoms with van der Waals surface area (Å²) in [6, 6.07) is 11.9. The molecule has 0 aliphatic rings. The van der Waals surface area contributed by atoms with E-state index in [-0.39, 0.29) is 0 Å². The number of pyridine rings is 1. The van der Waals surface area contributed by atoms with E-state index in [0.29, 0.717) is 0 Å². The van der Waals surface area contributed by atoms with Crippen molar-refractivity contribution in [2.45, 2.75) is 20.0 Å². The normalized spacial score (nSPS) is 12.4. The zero-order valence-corrected chi connectivity index (χ0v) is 9.51. The van der Waals surface area contributed by atoms with E-state index in [1.165, 1.54) is 0 Å². The number of aromatic nitrogens is 1. The first-order valence-electron chi connectivity index (χ1n) is 5.38. The zero-order valence-electron chi connectivity index (χ0n) is 9.51. The van der Waals surface area contributed by atoms with E-state index in [9.17, 15) is 5.11 Å². The molecule has 0 spiro atoms. The average molecular weight is 213 g/mol. The quantitative estimate of drug-likeness (QED) is 0.831. The summed E-state index contributed by atoms with van der Waals surface area (Å²) in [4.78, 5) is 4.37. The molecule has 1 aromatic carbocycles. The van der Waals surface area contributed by atoms with Crippen LogP contribution < -0.4 is 0 Å². The number of hydrogen-bond donors (Lipinski definition) is 1. The molecule has 2 rings (SSSR count). The highest BCUT2D eigenvalue weighted by Crippen LogP contribution is 2.21. The van der Waals surface area contributed by atoms with E-state index in [1.807, 2.05) is 49.5 Å². The van der Waals surface area contributed by atoms with Gasteiger partial charge >= 0.3 is 0 Å². The van der Waals surface area contributed by atoms with Crippen LogP contribution in [0.1, 0.15) is 24.2 Å². The third-order valence-corrected chi connectivity index (χ3v) is 2.58. The van der Waals surface area contributed by atoms with Gasteiger partial charge in [-0.1, -0.05) is 24.3 Å². The van der Waals surface area contributed by atoms with Gasteiger partial charge in [0, 0.05) is 11.8 Å². The van der Waals surface area contributed by atoms with Crippen molar-refractivity contribution >= 4 is 0 Å². The maximum atomic E-state index is 9.52. The van der Waals surface area contributed by atoms with Gasteiger partial charge in [0.1, 0.15) is 0 Å². The van der Waals surface area contributed by atoms with E-state index in [1.54, 1.807) is 6.92 Å². The Labute approximate surface area is 95.6 Å². The van der Waals surface area contributed by atoms with Crippen molar-refractivity contribution in [3.8, 4) is 11.3 Å². The molecule has 0 aliphatic carbocycles. The third kappa shape index (κ3) is 2.28. The second-order valence-electron chi connectivity index (χ2n) is 4.02. The molecule has 2 aromatic rings. The van der Waals surface area contributed by atoms with Crippen LogP contribution in [0, 0.1) is 6.92 Å². The molecule has 2 heteroatoms. The molecule has 82 valence electrons. The predicted molar refractivity (Wildman–Crippen MR) is 65.0 cm³/mol. The lowest BCUT2D eigenvalue weighted by Crippen LogP contribution is -1.91. The first-order chi connectivity index (χ1) is 7.66. The molecule has 0 aliphatic heterocycles. The Morgan fingerprint density at radius 2 is 2.00 bits per heavy atom. The first-order valence-corrected chi connectivity index (χ1v) is 5.38. The average Bonchev–Trinajstić information content (AvgIpc) is 2.30. The summed E-state index contributed by atoms with van der Waals surface area (Å²) in [5.41, 5.74) is 4.04. The molecule has 16 heavy (non-hydrogen) atoms. The maximum absolute atomic E-state index is 9.52. The molecule has 0 radical (unpaired) electrons. The fraction of sp³-hybridized carbons (Fsp3) is 0.214. The van der Waals surface area contributed by atoms with Crippen LogP contribution in [0.15, 0.2) is 42.6 Å². The fourth-order valence-electron chi connectivity index (χ4n) is 1.60. The monoisotopic (exact) mass is 213 g/mol. The van der Waals surface area contributed by atoms with Crippen molar-refractivity contribution < 1.29 is 5.11 Å². The number of hydrogen-bond acceptors (Lipinski definition) is 2. The van der Waals surface area contributed by atoms with Crippen LogP contribution in [-0.4, -0.2) is 10.1 Å². The minimum atomic E-state index is -0.439. The fourth-order valence-corrected chi connectivity index (χ4v) is 1.60. The van der Waals surface area contributed by atoms with Crippen molar-refractivity contribution in [3.05, 3.63) is 53.7 Å². The Balaban J connectivity index is 2.40. The highest BCUT2D eigenvalue weighted by Gasteiger charge is 2.03. The van der Waals surface area contributed by atoms with Gasteiger partial charge < -0.3 is 5.11 Å². The van der Waals surface area contributed by atoms with Gasteiger partial charge in [-0.15, -0.1) is 0 Å². The summed E-state index contributed by atoms with van der Waals surface area (Å²) in [6.07, 6.45) is 1.41. The van der Waals surface area contributed by atoms with Gasteiger partial charge in [-0.25, -0.2) is 0 Å². The Kier molecular flexibility index (Phi) is 3.02. The second kappa shape index (κ2) is 4.45. The molecule has 1 unspecified atom stereocenters. The summed E-state index contributed by atoms with van der Waals surface area (Å²) in [7, 11) is 0. The molecular weight excluding hydrogens is 198 g/mol. The van der Waals surface area contributed by atoms with Crippen LogP contribution in [0.3, 0.4) is 0 Å². The molecule has 1 aromatic heterocycles. The van der Waals surface area contributed by atoms with E-state index in [2.05, 4.69) is 4.98 Å². The van der Waals surface area contributed by atoms with Crippen LogP contribution >= 0.6 is 0 Å². The van der Waals surface area contributed by atoms with Gasteiger partial charge in [0.2, 0.25) is 0 Å². The van der Waals surface area contributed by atoms with Gasteiger partial charge in [-0.2, -0.15) is 0 Å². The molecule has 0 bridgehead atoms. The number of aliphatic hydroxyl groups excluding tert-OH is 1. The number of aliphatic hydroxyl groups is 1. The molecule has 1 N–H and O–H groups in total. The lowest BCUT2D eigenvalue weighted by Gasteiger charge is -2.07. The van der Waals surface area contributed by atoms with Crippen LogP contribution in [-0.2, 0) is 0 Å². The van der Waals surface area contributed by atoms with Crippen molar-refractivity contribution in [1.82, 2.24) is 4.98 Å². The number of benzene rings is 1. The Morgan fingerprint density at radius 3 is 2.62 bits per heavy atom. The standard InChI is InChI=1S/C14H15NO/c1-10-6-7-14(15-9-10)13-5-3-4-12(8-13)11(2)16/h3-9,11,16H,1-2H3. The van der Waals surface area contributed by atoms with Gasteiger partial charge in [0.25, 0.3) is 0 Å². The summed E-state index contributed by atoms with van der Waals surface area (Å²) < 4.78 is 0. The molecule has 0 fully saturated rings. The second-order valence-corrected chi connectivity index (χ2v) is 4.02. The Hall–Kier alpha value is -1.67. The van der Waals surface area contributed by atoms with E-state index >= 15 is 0 Å². The molecule has 2 nitrogen and oxygen atoms in total. The highest BCUT2D eigenvalue weighted by atomic mass is 16.3. The SMILES string of the molecule is Cc1ccc(-c2cccc(C(C)O)c2)nc1. The van der Waals surface area contributed by atoms with Crippen molar-refractivity contribution in [3.63, 3.8) is 0 Å². The van der Waals surface area contributed by atoms with Gasteiger partial charge in [0.05, 0.1) is 11.8 Å². The summed E-state index contributed by atoms with van der Waals surface area (Å²) >= 11 is 0. The third-order valence-electron chi connectivity index (χ3n) is 2.58. The summed E-state index contributed by atoms with van der Waals surface area (Å²) in [5, 5.41) is 9.52. The lowest BCUT2D eigenvalue weighted by molar-refractivity contribution is 0.199. The van der Waals surface area contributed by atoms with Crippen molar-refractivity contribution in [2.75, 3.05) is 0 Å². The topological polar surface area (TPSA) is 33.1 Å². The van der Waals surface area contributed by atoms with Crippen LogP contribution in [0.2, 0.25) is 0 Å². The largest absolute Gasteiger partial charge is 0.389 e. The van der Waals surface area contributed by atoms with Crippen molar-refractivity contribution in [1.29, 1.82) is 0 Å². The molecular formula is C14H15NO. The maximum Gasteiger partial charge on any atom is 0.0762 e. The minimum absolute atomic E-state index is 0.439. The first kappa shape index (κ1) is 10.8. The van der Waals surface area contributed by atoms with Crippen molar-refractivity contribution in [2.24, 2.45) is 0 Å². The van der Waals surface area contributed by atoms with Gasteiger partial charge in [0.15, 0.2) is 0 Å². The van der Waals surface area contributed by atoms with Crippen LogP contribution in [0.4, 0.5) is 0 Å². The van der Waals surface area contributed by atoms with Crippen LogP contribution in [0.5, 0.6) is 0 Å². The van der Waals surface area contributed by atoms with Gasteiger partial charge in [-0.3, -0.25) is 4.98 Å². The van der Waals surface area contributed by atoms with E-state index in [4.69, 9.17) is 0 Å². The lowest BCUT2D eigenvalue weighted by atomic mass is 10.0. The number of aryl methyl sites for hydroxylation is 1. The van der Waals surface area contributed by atoms with Gasteiger partial charge in [-0.05, 0) is 37.1 Å². The molecule has 0 amide bonds. The number of nitrogens with zero attached hydrogens (tertiary/aromatic N) is 1. The summed E-state index contributed by atoms with van der Waals surface area (Å²) in [5.74, 6) is 0. The Morgan fingerprint density at radius 1 is 1.19 bits per heavy atom. The van der Waals surface area contributed by atoms with Crippen LogP contribution in [0.25, 0.3) is 11.3 Å². The van der Waals surface area contributed by atoms with E-state index < -0.39 is 6.10 Å². The molecule has 1 atom stereocenters. The zero-order chi connectivity index (χ0) is 11.5.